The van der Waals surface area contributed by atoms with E-state index in [9.17, 15) is 19.5 Å². The molecule has 0 aromatic rings. The molecule has 1 fully saturated rings. The summed E-state index contributed by atoms with van der Waals surface area (Å²) < 4.78 is 10.6. The lowest BCUT2D eigenvalue weighted by atomic mass is 9.87. The van der Waals surface area contributed by atoms with Crippen molar-refractivity contribution in [3.05, 3.63) is 0 Å². The monoisotopic (exact) mass is 358 g/mol. The van der Waals surface area contributed by atoms with Crippen LogP contribution in [0.15, 0.2) is 0 Å². The Kier molecular flexibility index (Phi) is 6.10. The molecule has 0 aliphatic heterocycles. The van der Waals surface area contributed by atoms with E-state index in [0.717, 1.165) is 5.01 Å². The normalized spacial score (nSPS) is 23.9. The number of carboxylic acid groups (broad SMARTS) is 1. The molecule has 2 N–H and O–H groups in total. The molecule has 0 radical (unpaired) electrons. The van der Waals surface area contributed by atoms with Gasteiger partial charge in [0, 0.05) is 7.05 Å². The SMILES string of the molecule is CN(NC1(C(=O)O)CCCC1C(=O)OC(C)(C)C)C(=O)OC(C)(C)C. The van der Waals surface area contributed by atoms with Crippen molar-refractivity contribution in [2.45, 2.75) is 77.5 Å². The summed E-state index contributed by atoms with van der Waals surface area (Å²) in [5, 5.41) is 10.8. The molecule has 8 nitrogen and oxygen atoms in total. The second-order valence-electron chi connectivity index (χ2n) is 8.41. The standard InChI is InChI=1S/C17H30N2O6/c1-15(2,3)24-12(20)11-9-8-10-17(11,13(21)22)18-19(7)14(23)25-16(4,5)6/h11,18H,8-10H2,1-7H3,(H,21,22). The van der Waals surface area contributed by atoms with Crippen LogP contribution in [0.1, 0.15) is 60.8 Å². The van der Waals surface area contributed by atoms with Crippen molar-refractivity contribution in [1.82, 2.24) is 10.4 Å². The first kappa shape index (κ1) is 21.2. The number of ether oxygens (including phenoxy) is 2. The van der Waals surface area contributed by atoms with Gasteiger partial charge in [-0.3, -0.25) is 9.59 Å². The molecule has 1 aliphatic rings. The van der Waals surface area contributed by atoms with Gasteiger partial charge < -0.3 is 14.6 Å². The zero-order valence-corrected chi connectivity index (χ0v) is 16.1. The Morgan fingerprint density at radius 1 is 1.08 bits per heavy atom. The lowest BCUT2D eigenvalue weighted by Crippen LogP contribution is -2.63. The van der Waals surface area contributed by atoms with Crippen molar-refractivity contribution < 1.29 is 29.0 Å². The molecule has 2 atom stereocenters. The van der Waals surface area contributed by atoms with Gasteiger partial charge >= 0.3 is 18.0 Å². The minimum absolute atomic E-state index is 0.208. The van der Waals surface area contributed by atoms with Crippen molar-refractivity contribution in [3.8, 4) is 0 Å². The van der Waals surface area contributed by atoms with E-state index in [4.69, 9.17) is 9.47 Å². The van der Waals surface area contributed by atoms with Crippen LogP contribution in [-0.2, 0) is 19.1 Å². The molecule has 0 spiro atoms. The second-order valence-corrected chi connectivity index (χ2v) is 8.41. The van der Waals surface area contributed by atoms with Crippen molar-refractivity contribution in [1.29, 1.82) is 0 Å². The number of nitrogens with one attached hydrogen (secondary N) is 1. The average molecular weight is 358 g/mol. The van der Waals surface area contributed by atoms with Crippen LogP contribution in [0, 0.1) is 5.92 Å². The summed E-state index contributed by atoms with van der Waals surface area (Å²) in [7, 11) is 1.38. The Labute approximate surface area is 148 Å². The summed E-state index contributed by atoms with van der Waals surface area (Å²) in [5.41, 5.74) is -0.354. The number of hydrogen-bond donors (Lipinski definition) is 2. The fourth-order valence-corrected chi connectivity index (χ4v) is 2.81. The maximum absolute atomic E-state index is 12.5. The number of hydrogen-bond acceptors (Lipinski definition) is 6. The zero-order valence-electron chi connectivity index (χ0n) is 16.1. The van der Waals surface area contributed by atoms with E-state index in [-0.39, 0.29) is 6.42 Å². The number of hydrazine groups is 1. The van der Waals surface area contributed by atoms with Crippen molar-refractivity contribution >= 4 is 18.0 Å². The third-order valence-electron chi connectivity index (χ3n) is 3.77. The molecule has 0 aromatic carbocycles. The number of amides is 1. The molecule has 0 heterocycles. The van der Waals surface area contributed by atoms with Gasteiger partial charge in [-0.2, -0.15) is 0 Å². The molecule has 0 bridgehead atoms. The minimum Gasteiger partial charge on any atom is -0.480 e. The highest BCUT2D eigenvalue weighted by Crippen LogP contribution is 2.38. The number of carboxylic acids is 1. The fourth-order valence-electron chi connectivity index (χ4n) is 2.81. The summed E-state index contributed by atoms with van der Waals surface area (Å²) in [6.45, 7) is 10.3. The van der Waals surface area contributed by atoms with Crippen molar-refractivity contribution in [2.24, 2.45) is 5.92 Å². The molecule has 1 saturated carbocycles. The quantitative estimate of drug-likeness (QED) is 0.587. The molecule has 2 unspecified atom stereocenters. The first-order valence-electron chi connectivity index (χ1n) is 8.39. The number of rotatable bonds is 4. The predicted molar refractivity (Wildman–Crippen MR) is 90.7 cm³/mol. The van der Waals surface area contributed by atoms with E-state index in [1.165, 1.54) is 7.05 Å². The minimum atomic E-state index is -1.60. The second kappa shape index (κ2) is 7.19. The molecule has 8 heteroatoms. The number of aliphatic carboxylic acids is 1. The van der Waals surface area contributed by atoms with Crippen LogP contribution in [0.4, 0.5) is 4.79 Å². The van der Waals surface area contributed by atoms with Crippen LogP contribution in [0.25, 0.3) is 0 Å². The first-order chi connectivity index (χ1) is 11.2. The smallest absolute Gasteiger partial charge is 0.424 e. The Balaban J connectivity index is 3.01. The molecule has 25 heavy (non-hydrogen) atoms. The largest absolute Gasteiger partial charge is 0.480 e. The molecule has 1 amide bonds. The van der Waals surface area contributed by atoms with Gasteiger partial charge in [-0.1, -0.05) is 0 Å². The molecular formula is C17H30N2O6. The third kappa shape index (κ3) is 5.59. The Morgan fingerprint density at radius 3 is 2.04 bits per heavy atom. The maximum atomic E-state index is 12.5. The van der Waals surface area contributed by atoms with E-state index in [1.54, 1.807) is 41.5 Å². The van der Waals surface area contributed by atoms with Crippen LogP contribution in [0.5, 0.6) is 0 Å². The molecule has 1 aliphatic carbocycles. The Bertz CT molecular complexity index is 534. The topological polar surface area (TPSA) is 105 Å². The van der Waals surface area contributed by atoms with Crippen LogP contribution in [0.2, 0.25) is 0 Å². The Morgan fingerprint density at radius 2 is 1.60 bits per heavy atom. The summed E-state index contributed by atoms with van der Waals surface area (Å²) in [4.78, 5) is 36.6. The van der Waals surface area contributed by atoms with Crippen molar-refractivity contribution in [3.63, 3.8) is 0 Å². The van der Waals surface area contributed by atoms with E-state index in [1.807, 2.05) is 0 Å². The van der Waals surface area contributed by atoms with Gasteiger partial charge in [-0.15, -0.1) is 0 Å². The van der Waals surface area contributed by atoms with Crippen LogP contribution in [-0.4, -0.2) is 51.9 Å². The summed E-state index contributed by atoms with van der Waals surface area (Å²) >= 11 is 0. The zero-order chi connectivity index (χ0) is 19.6. The molecule has 0 aromatic heterocycles. The number of carbonyl (C=O) groups is 3. The highest BCUT2D eigenvalue weighted by atomic mass is 16.6. The lowest BCUT2D eigenvalue weighted by molar-refractivity contribution is -0.169. The van der Waals surface area contributed by atoms with Gasteiger partial charge in [0.25, 0.3) is 0 Å². The van der Waals surface area contributed by atoms with Gasteiger partial charge in [0.1, 0.15) is 16.7 Å². The van der Waals surface area contributed by atoms with Gasteiger partial charge in [0.05, 0.1) is 5.92 Å². The summed E-state index contributed by atoms with van der Waals surface area (Å²) in [5.74, 6) is -2.68. The molecular weight excluding hydrogens is 328 g/mol. The molecule has 0 saturated heterocycles. The number of nitrogens with zero attached hydrogens (tertiary/aromatic N) is 1. The molecule has 144 valence electrons. The van der Waals surface area contributed by atoms with Crippen LogP contribution in [0.3, 0.4) is 0 Å². The van der Waals surface area contributed by atoms with Gasteiger partial charge in [-0.25, -0.2) is 15.2 Å². The highest BCUT2D eigenvalue weighted by molar-refractivity contribution is 5.88. The maximum Gasteiger partial charge on any atom is 0.424 e. The van der Waals surface area contributed by atoms with E-state index >= 15 is 0 Å². The fraction of sp³-hybridized carbons (Fsp3) is 0.824. The summed E-state index contributed by atoms with van der Waals surface area (Å²) in [6.07, 6.45) is 0.393. The highest BCUT2D eigenvalue weighted by Gasteiger charge is 2.55. The number of carbonyl (C=O) groups excluding carboxylic acids is 2. The predicted octanol–water partition coefficient (Wildman–Crippen LogP) is 2.32. The van der Waals surface area contributed by atoms with Crippen LogP contribution >= 0.6 is 0 Å². The van der Waals surface area contributed by atoms with Crippen molar-refractivity contribution in [2.75, 3.05) is 7.05 Å². The van der Waals surface area contributed by atoms with E-state index in [0.29, 0.717) is 12.8 Å². The Hall–Kier alpha value is -1.83. The molecule has 1 rings (SSSR count). The third-order valence-corrected chi connectivity index (χ3v) is 3.77. The number of esters is 1. The first-order valence-corrected chi connectivity index (χ1v) is 8.39. The van der Waals surface area contributed by atoms with Gasteiger partial charge in [-0.05, 0) is 60.8 Å². The van der Waals surface area contributed by atoms with Gasteiger partial charge in [0.15, 0.2) is 0 Å². The van der Waals surface area contributed by atoms with E-state index < -0.39 is 40.7 Å². The van der Waals surface area contributed by atoms with Gasteiger partial charge in [0.2, 0.25) is 0 Å². The van der Waals surface area contributed by atoms with E-state index in [2.05, 4.69) is 5.43 Å². The summed E-state index contributed by atoms with van der Waals surface area (Å²) in [6, 6.07) is 0. The van der Waals surface area contributed by atoms with Crippen LogP contribution < -0.4 is 5.43 Å². The average Bonchev–Trinajstić information content (AvgIpc) is 2.79. The lowest BCUT2D eigenvalue weighted by Gasteiger charge is -2.36.